The smallest absolute Gasteiger partial charge is 0.157 e. The fourth-order valence-corrected chi connectivity index (χ4v) is 1.81. The molecule has 0 radical (unpaired) electrons. The maximum Gasteiger partial charge on any atom is 0.157 e. The molecule has 15 heavy (non-hydrogen) atoms. The van der Waals surface area contributed by atoms with Crippen LogP contribution < -0.4 is 5.84 Å². The van der Waals surface area contributed by atoms with Gasteiger partial charge in [0.25, 0.3) is 0 Å². The summed E-state index contributed by atoms with van der Waals surface area (Å²) >= 11 is 0. The van der Waals surface area contributed by atoms with Gasteiger partial charge in [0.15, 0.2) is 6.29 Å². The van der Waals surface area contributed by atoms with Crippen molar-refractivity contribution in [3.8, 4) is 0 Å². The largest absolute Gasteiger partial charge is 0.373 e. The van der Waals surface area contributed by atoms with Crippen LogP contribution in [0.1, 0.15) is 19.3 Å². The molecule has 5 heteroatoms. The molecule has 2 N–H and O–H groups in total. The monoisotopic (exact) mass is 216 g/mol. The first-order valence-corrected chi connectivity index (χ1v) is 5.69. The minimum absolute atomic E-state index is 0.00486. The average Bonchev–Trinajstić information content (AvgIpc) is 2.23. The maximum absolute atomic E-state index is 5.54. The van der Waals surface area contributed by atoms with Crippen molar-refractivity contribution >= 4 is 0 Å². The van der Waals surface area contributed by atoms with Gasteiger partial charge in [0, 0.05) is 19.7 Å². The summed E-state index contributed by atoms with van der Waals surface area (Å²) in [5.41, 5.74) is 0. The zero-order valence-corrected chi connectivity index (χ0v) is 9.06. The molecule has 0 amide bonds. The van der Waals surface area contributed by atoms with Gasteiger partial charge in [-0.1, -0.05) is 0 Å². The van der Waals surface area contributed by atoms with Crippen LogP contribution in [0.2, 0.25) is 0 Å². The molecule has 1 atom stereocenters. The van der Waals surface area contributed by atoms with Gasteiger partial charge in [-0.25, -0.2) is 5.01 Å². The zero-order chi connectivity index (χ0) is 10.5. The fraction of sp³-hybridized carbons (Fsp3) is 1.00. The third-order valence-electron chi connectivity index (χ3n) is 2.75. The molecule has 2 fully saturated rings. The van der Waals surface area contributed by atoms with Gasteiger partial charge in [-0.2, -0.15) is 0 Å². The summed E-state index contributed by atoms with van der Waals surface area (Å²) in [5, 5.41) is 1.75. The molecule has 1 unspecified atom stereocenters. The van der Waals surface area contributed by atoms with Crippen molar-refractivity contribution < 1.29 is 14.2 Å². The number of nitrogens with zero attached hydrogens (tertiary/aromatic N) is 1. The zero-order valence-electron chi connectivity index (χ0n) is 9.06. The van der Waals surface area contributed by atoms with Crippen molar-refractivity contribution in [1.82, 2.24) is 5.01 Å². The Kier molecular flexibility index (Phi) is 4.34. The Balaban J connectivity index is 1.44. The minimum Gasteiger partial charge on any atom is -0.373 e. The lowest BCUT2D eigenvalue weighted by atomic mass is 10.2. The summed E-state index contributed by atoms with van der Waals surface area (Å²) in [6, 6.07) is 0. The minimum atomic E-state index is -0.00486. The SMILES string of the molecule is NN1CC(OCCOC2CCCCO2)C1. The van der Waals surface area contributed by atoms with Gasteiger partial charge in [-0.15, -0.1) is 0 Å². The quantitative estimate of drug-likeness (QED) is 0.522. The van der Waals surface area contributed by atoms with Gasteiger partial charge in [0.1, 0.15) is 0 Å². The predicted octanol–water partition coefficient (Wildman–Crippen LogP) is 0.104. The highest BCUT2D eigenvalue weighted by Crippen LogP contribution is 2.13. The predicted molar refractivity (Wildman–Crippen MR) is 55.0 cm³/mol. The molecule has 88 valence electrons. The lowest BCUT2D eigenvalue weighted by molar-refractivity contribution is -0.175. The fourth-order valence-electron chi connectivity index (χ4n) is 1.81. The number of hydrazine groups is 1. The van der Waals surface area contributed by atoms with E-state index in [1.54, 1.807) is 5.01 Å². The van der Waals surface area contributed by atoms with E-state index in [1.807, 2.05) is 0 Å². The van der Waals surface area contributed by atoms with E-state index in [0.29, 0.717) is 19.3 Å². The van der Waals surface area contributed by atoms with Crippen molar-refractivity contribution in [2.24, 2.45) is 5.84 Å². The summed E-state index contributed by atoms with van der Waals surface area (Å²) in [5.74, 6) is 5.49. The highest BCUT2D eigenvalue weighted by molar-refractivity contribution is 4.75. The molecule has 0 bridgehead atoms. The second kappa shape index (κ2) is 5.77. The topological polar surface area (TPSA) is 57.0 Å². The van der Waals surface area contributed by atoms with E-state index in [9.17, 15) is 0 Å². The van der Waals surface area contributed by atoms with Gasteiger partial charge in [0.05, 0.1) is 19.3 Å². The first-order chi connectivity index (χ1) is 7.34. The first kappa shape index (κ1) is 11.3. The highest BCUT2D eigenvalue weighted by Gasteiger charge is 2.24. The summed E-state index contributed by atoms with van der Waals surface area (Å²) < 4.78 is 16.5. The molecular formula is C10H20N2O3. The molecule has 0 aliphatic carbocycles. The summed E-state index contributed by atoms with van der Waals surface area (Å²) in [6.07, 6.45) is 3.67. The molecule has 2 aliphatic rings. The molecule has 0 saturated carbocycles. The van der Waals surface area contributed by atoms with Gasteiger partial charge < -0.3 is 14.2 Å². The second-order valence-corrected chi connectivity index (χ2v) is 4.11. The van der Waals surface area contributed by atoms with E-state index in [-0.39, 0.29) is 6.29 Å². The van der Waals surface area contributed by atoms with Crippen LogP contribution in [0, 0.1) is 0 Å². The molecule has 2 heterocycles. The first-order valence-electron chi connectivity index (χ1n) is 5.69. The number of ether oxygens (including phenoxy) is 3. The van der Waals surface area contributed by atoms with Crippen LogP contribution in [0.4, 0.5) is 0 Å². The third-order valence-corrected chi connectivity index (χ3v) is 2.75. The van der Waals surface area contributed by atoms with Crippen LogP contribution in [-0.4, -0.2) is 50.3 Å². The summed E-state index contributed by atoms with van der Waals surface area (Å²) in [4.78, 5) is 0. The van der Waals surface area contributed by atoms with Crippen molar-refractivity contribution in [2.45, 2.75) is 31.7 Å². The Bertz CT molecular complexity index is 180. The second-order valence-electron chi connectivity index (χ2n) is 4.11. The van der Waals surface area contributed by atoms with Crippen LogP contribution in [0.15, 0.2) is 0 Å². The van der Waals surface area contributed by atoms with E-state index in [2.05, 4.69) is 0 Å². The lowest BCUT2D eigenvalue weighted by Gasteiger charge is -2.35. The molecule has 2 saturated heterocycles. The van der Waals surface area contributed by atoms with Crippen LogP contribution in [-0.2, 0) is 14.2 Å². The standard InChI is InChI=1S/C10H20N2O3/c11-12-7-9(8-12)13-5-6-15-10-3-1-2-4-14-10/h9-10H,1-8,11H2. The van der Waals surface area contributed by atoms with E-state index in [4.69, 9.17) is 20.1 Å². The normalized spacial score (nSPS) is 29.0. The highest BCUT2D eigenvalue weighted by atomic mass is 16.7. The van der Waals surface area contributed by atoms with E-state index >= 15 is 0 Å². The number of nitrogens with two attached hydrogens (primary N) is 1. The van der Waals surface area contributed by atoms with Crippen molar-refractivity contribution in [3.05, 3.63) is 0 Å². The molecule has 5 nitrogen and oxygen atoms in total. The van der Waals surface area contributed by atoms with E-state index < -0.39 is 0 Å². The third kappa shape index (κ3) is 3.70. The number of hydrogen-bond donors (Lipinski definition) is 1. The Morgan fingerprint density at radius 3 is 2.67 bits per heavy atom. The molecule has 0 aromatic rings. The van der Waals surface area contributed by atoms with Crippen LogP contribution in [0.5, 0.6) is 0 Å². The Morgan fingerprint density at radius 2 is 2.00 bits per heavy atom. The van der Waals surface area contributed by atoms with Gasteiger partial charge >= 0.3 is 0 Å². The Morgan fingerprint density at radius 1 is 1.20 bits per heavy atom. The maximum atomic E-state index is 5.54. The molecule has 2 aliphatic heterocycles. The van der Waals surface area contributed by atoms with Gasteiger partial charge in [0.2, 0.25) is 0 Å². The van der Waals surface area contributed by atoms with E-state index in [0.717, 1.165) is 32.5 Å². The van der Waals surface area contributed by atoms with Crippen LogP contribution in [0.3, 0.4) is 0 Å². The molecule has 0 aromatic heterocycles. The van der Waals surface area contributed by atoms with Gasteiger partial charge in [-0.05, 0) is 19.3 Å². The lowest BCUT2D eigenvalue weighted by Crippen LogP contribution is -2.55. The van der Waals surface area contributed by atoms with Gasteiger partial charge in [-0.3, -0.25) is 5.84 Å². The molecule has 2 rings (SSSR count). The molecular weight excluding hydrogens is 196 g/mol. The summed E-state index contributed by atoms with van der Waals surface area (Å²) in [7, 11) is 0. The van der Waals surface area contributed by atoms with Crippen LogP contribution in [0.25, 0.3) is 0 Å². The molecule has 0 aromatic carbocycles. The number of rotatable bonds is 5. The summed E-state index contributed by atoms with van der Waals surface area (Å²) in [6.45, 7) is 3.75. The van der Waals surface area contributed by atoms with E-state index in [1.165, 1.54) is 6.42 Å². The number of hydrogen-bond acceptors (Lipinski definition) is 5. The van der Waals surface area contributed by atoms with Crippen LogP contribution >= 0.6 is 0 Å². The average molecular weight is 216 g/mol. The Hall–Kier alpha value is -0.200. The van der Waals surface area contributed by atoms with Crippen molar-refractivity contribution in [3.63, 3.8) is 0 Å². The van der Waals surface area contributed by atoms with Crippen molar-refractivity contribution in [2.75, 3.05) is 32.9 Å². The molecule has 0 spiro atoms. The Labute approximate surface area is 90.4 Å². The van der Waals surface area contributed by atoms with Crippen molar-refractivity contribution in [1.29, 1.82) is 0 Å².